The van der Waals surface area contributed by atoms with Crippen LogP contribution in [0, 0.1) is 0 Å². The Morgan fingerprint density at radius 2 is 1.82 bits per heavy atom. The molecule has 0 heterocycles. The van der Waals surface area contributed by atoms with Crippen LogP contribution in [0.15, 0.2) is 24.3 Å². The van der Waals surface area contributed by atoms with E-state index in [-0.39, 0.29) is 6.04 Å². The second-order valence-corrected chi connectivity index (χ2v) is 4.93. The molecule has 1 aromatic rings. The molecule has 5 heteroatoms. The number of hydrogen-bond donors (Lipinski definition) is 1. The smallest absolute Gasteiger partial charge is 0.327 e. The quantitative estimate of drug-likeness (QED) is 0.881. The topological polar surface area (TPSA) is 26.0 Å². The van der Waals surface area contributed by atoms with Crippen LogP contribution in [0.3, 0.4) is 0 Å². The summed E-state index contributed by atoms with van der Waals surface area (Å²) in [5.41, 5.74) is 6.12. The average Bonchev–Trinajstić information content (AvgIpc) is 2.26. The van der Waals surface area contributed by atoms with Gasteiger partial charge in [0.15, 0.2) is 0 Å². The summed E-state index contributed by atoms with van der Waals surface area (Å²) in [6.45, 7) is 0. The first-order chi connectivity index (χ1) is 7.93. The number of benzene rings is 1. The summed E-state index contributed by atoms with van der Waals surface area (Å²) < 4.78 is 37.0. The van der Waals surface area contributed by atoms with Crippen molar-refractivity contribution in [3.8, 4) is 0 Å². The average molecular weight is 263 g/mol. The first-order valence-corrected chi connectivity index (χ1v) is 6.73. The highest BCUT2D eigenvalue weighted by molar-refractivity contribution is 7.98. The molecule has 0 aliphatic rings. The van der Waals surface area contributed by atoms with Gasteiger partial charge < -0.3 is 5.73 Å². The molecule has 0 bridgehead atoms. The number of rotatable bonds is 5. The molecule has 0 fully saturated rings. The van der Waals surface area contributed by atoms with Gasteiger partial charge in [0.05, 0.1) is 5.56 Å². The summed E-state index contributed by atoms with van der Waals surface area (Å²) in [6, 6.07) is 5.23. The highest BCUT2D eigenvalue weighted by atomic mass is 32.2. The molecule has 0 spiro atoms. The third-order valence-corrected chi connectivity index (χ3v) is 3.12. The normalized spacial score (nSPS) is 13.7. The van der Waals surface area contributed by atoms with Gasteiger partial charge in [-0.1, -0.05) is 12.1 Å². The maximum atomic E-state index is 12.3. The van der Waals surface area contributed by atoms with E-state index in [1.54, 1.807) is 11.8 Å². The molecule has 1 rings (SSSR count). The van der Waals surface area contributed by atoms with E-state index in [2.05, 4.69) is 0 Å². The molecule has 0 saturated heterocycles. The molecule has 0 aliphatic carbocycles. The number of nitrogens with two attached hydrogens (primary N) is 1. The second kappa shape index (κ2) is 6.31. The maximum Gasteiger partial charge on any atom is 0.416 e. The molecule has 1 atom stereocenters. The van der Waals surface area contributed by atoms with Gasteiger partial charge in [-0.05, 0) is 42.5 Å². The second-order valence-electron chi connectivity index (χ2n) is 3.94. The Morgan fingerprint density at radius 1 is 1.24 bits per heavy atom. The van der Waals surface area contributed by atoms with Crippen LogP contribution >= 0.6 is 11.8 Å². The molecule has 96 valence electrons. The van der Waals surface area contributed by atoms with Gasteiger partial charge in [-0.15, -0.1) is 0 Å². The van der Waals surface area contributed by atoms with Crippen LogP contribution in [-0.4, -0.2) is 18.1 Å². The zero-order valence-electron chi connectivity index (χ0n) is 9.63. The molecule has 17 heavy (non-hydrogen) atoms. The monoisotopic (exact) mass is 263 g/mol. The SMILES string of the molecule is CSCCC(N)Cc1ccc(C(F)(F)F)cc1. The Balaban J connectivity index is 2.56. The Labute approximate surface area is 104 Å². The Bertz CT molecular complexity index is 335. The molecule has 1 unspecified atom stereocenters. The van der Waals surface area contributed by atoms with E-state index < -0.39 is 11.7 Å². The van der Waals surface area contributed by atoms with Crippen molar-refractivity contribution in [3.63, 3.8) is 0 Å². The lowest BCUT2D eigenvalue weighted by Crippen LogP contribution is -2.23. The molecule has 0 aromatic heterocycles. The Hall–Kier alpha value is -0.680. The molecule has 0 saturated carbocycles. The van der Waals surface area contributed by atoms with E-state index in [0.29, 0.717) is 6.42 Å². The van der Waals surface area contributed by atoms with Crippen molar-refractivity contribution >= 4 is 11.8 Å². The minimum Gasteiger partial charge on any atom is -0.327 e. The predicted octanol–water partition coefficient (Wildman–Crippen LogP) is 3.33. The van der Waals surface area contributed by atoms with E-state index in [9.17, 15) is 13.2 Å². The van der Waals surface area contributed by atoms with E-state index in [1.807, 2.05) is 6.26 Å². The maximum absolute atomic E-state index is 12.3. The standard InChI is InChI=1S/C12H16F3NS/c1-17-7-6-11(16)8-9-2-4-10(5-3-9)12(13,14)15/h2-5,11H,6-8,16H2,1H3. The van der Waals surface area contributed by atoms with Crippen LogP contribution < -0.4 is 5.73 Å². The van der Waals surface area contributed by atoms with Crippen LogP contribution in [0.25, 0.3) is 0 Å². The lowest BCUT2D eigenvalue weighted by molar-refractivity contribution is -0.137. The van der Waals surface area contributed by atoms with Crippen LogP contribution in [0.2, 0.25) is 0 Å². The lowest BCUT2D eigenvalue weighted by Gasteiger charge is -2.12. The van der Waals surface area contributed by atoms with Gasteiger partial charge >= 0.3 is 6.18 Å². The van der Waals surface area contributed by atoms with Crippen LogP contribution in [0.1, 0.15) is 17.5 Å². The molecule has 0 amide bonds. The fourth-order valence-electron chi connectivity index (χ4n) is 1.50. The van der Waals surface area contributed by atoms with E-state index in [1.165, 1.54) is 12.1 Å². The van der Waals surface area contributed by atoms with Crippen molar-refractivity contribution in [2.75, 3.05) is 12.0 Å². The fourth-order valence-corrected chi connectivity index (χ4v) is 2.04. The van der Waals surface area contributed by atoms with Gasteiger partial charge in [-0.25, -0.2) is 0 Å². The van der Waals surface area contributed by atoms with Crippen molar-refractivity contribution in [2.24, 2.45) is 5.73 Å². The van der Waals surface area contributed by atoms with Crippen LogP contribution in [0.5, 0.6) is 0 Å². The molecule has 1 aromatic carbocycles. The van der Waals surface area contributed by atoms with E-state index >= 15 is 0 Å². The first-order valence-electron chi connectivity index (χ1n) is 5.34. The number of alkyl halides is 3. The van der Waals surface area contributed by atoms with Gasteiger partial charge in [0.1, 0.15) is 0 Å². The van der Waals surface area contributed by atoms with Crippen molar-refractivity contribution < 1.29 is 13.2 Å². The van der Waals surface area contributed by atoms with E-state index in [4.69, 9.17) is 5.73 Å². The molecular formula is C12H16F3NS. The largest absolute Gasteiger partial charge is 0.416 e. The summed E-state index contributed by atoms with van der Waals surface area (Å²) >= 11 is 1.72. The number of halogens is 3. The van der Waals surface area contributed by atoms with Gasteiger partial charge in [-0.3, -0.25) is 0 Å². The highest BCUT2D eigenvalue weighted by Gasteiger charge is 2.29. The van der Waals surface area contributed by atoms with Crippen molar-refractivity contribution in [2.45, 2.75) is 25.1 Å². The van der Waals surface area contributed by atoms with Gasteiger partial charge in [0.2, 0.25) is 0 Å². The third kappa shape index (κ3) is 5.00. The number of thioether (sulfide) groups is 1. The molecular weight excluding hydrogens is 247 g/mol. The summed E-state index contributed by atoms with van der Waals surface area (Å²) in [7, 11) is 0. The van der Waals surface area contributed by atoms with Crippen LogP contribution in [-0.2, 0) is 12.6 Å². The Morgan fingerprint density at radius 3 is 2.29 bits per heavy atom. The summed E-state index contributed by atoms with van der Waals surface area (Å²) in [6.07, 6.45) is -0.759. The molecule has 2 N–H and O–H groups in total. The zero-order chi connectivity index (χ0) is 12.9. The Kier molecular flexibility index (Phi) is 5.33. The third-order valence-electron chi connectivity index (χ3n) is 2.47. The summed E-state index contributed by atoms with van der Waals surface area (Å²) in [5.74, 6) is 0.974. The summed E-state index contributed by atoms with van der Waals surface area (Å²) in [4.78, 5) is 0. The van der Waals surface area contributed by atoms with Gasteiger partial charge in [0, 0.05) is 6.04 Å². The minimum absolute atomic E-state index is 0.0131. The molecule has 0 radical (unpaired) electrons. The van der Waals surface area contributed by atoms with E-state index in [0.717, 1.165) is 29.9 Å². The lowest BCUT2D eigenvalue weighted by atomic mass is 10.0. The summed E-state index contributed by atoms with van der Waals surface area (Å²) in [5, 5.41) is 0. The van der Waals surface area contributed by atoms with Gasteiger partial charge in [-0.2, -0.15) is 24.9 Å². The number of hydrogen-bond acceptors (Lipinski definition) is 2. The highest BCUT2D eigenvalue weighted by Crippen LogP contribution is 2.29. The van der Waals surface area contributed by atoms with Crippen LogP contribution in [0.4, 0.5) is 13.2 Å². The van der Waals surface area contributed by atoms with Crippen molar-refractivity contribution in [1.29, 1.82) is 0 Å². The fraction of sp³-hybridized carbons (Fsp3) is 0.500. The zero-order valence-corrected chi connectivity index (χ0v) is 10.4. The molecule has 1 nitrogen and oxygen atoms in total. The van der Waals surface area contributed by atoms with Gasteiger partial charge in [0.25, 0.3) is 0 Å². The predicted molar refractivity (Wildman–Crippen MR) is 66.1 cm³/mol. The van der Waals surface area contributed by atoms with Crippen molar-refractivity contribution in [3.05, 3.63) is 35.4 Å². The minimum atomic E-state index is -4.26. The van der Waals surface area contributed by atoms with Crippen molar-refractivity contribution in [1.82, 2.24) is 0 Å². The molecule has 0 aliphatic heterocycles. The first kappa shape index (κ1) is 14.4.